The summed E-state index contributed by atoms with van der Waals surface area (Å²) in [4.78, 5) is 11.1. The molecule has 0 saturated heterocycles. The molecule has 0 spiro atoms. The minimum Gasteiger partial charge on any atom is -0.508 e. The average molecular weight is 227 g/mol. The predicted octanol–water partition coefficient (Wildman–Crippen LogP) is 1.48. The van der Waals surface area contributed by atoms with Crippen molar-refractivity contribution in [3.63, 3.8) is 0 Å². The van der Waals surface area contributed by atoms with Gasteiger partial charge in [0.15, 0.2) is 0 Å². The number of phenolic OH excluding ortho intramolecular Hbond substituents is 1. The van der Waals surface area contributed by atoms with Gasteiger partial charge in [-0.3, -0.25) is 4.79 Å². The largest absolute Gasteiger partial charge is 0.508 e. The molecule has 1 rings (SSSR count). The lowest BCUT2D eigenvalue weighted by molar-refractivity contribution is -0.143. The molecular weight excluding hydrogens is 213 g/mol. The number of hydrogen-bond donors (Lipinski definition) is 2. The zero-order valence-corrected chi connectivity index (χ0v) is 8.94. The van der Waals surface area contributed by atoms with Gasteiger partial charge in [0, 0.05) is 11.6 Å². The number of phenols is 1. The first-order valence-electron chi connectivity index (χ1n) is 4.94. The molecule has 0 heterocycles. The highest BCUT2D eigenvalue weighted by atomic mass is 19.1. The van der Waals surface area contributed by atoms with Gasteiger partial charge in [0.1, 0.15) is 11.6 Å². The molecule has 0 aliphatic carbocycles. The van der Waals surface area contributed by atoms with Crippen LogP contribution in [0.1, 0.15) is 24.9 Å². The van der Waals surface area contributed by atoms with Crippen LogP contribution < -0.4 is 5.73 Å². The molecule has 0 radical (unpaired) electrons. The van der Waals surface area contributed by atoms with Gasteiger partial charge in [0.2, 0.25) is 0 Å². The Balaban J connectivity index is 2.76. The summed E-state index contributed by atoms with van der Waals surface area (Å²) >= 11 is 0. The van der Waals surface area contributed by atoms with E-state index in [4.69, 9.17) is 10.5 Å². The van der Waals surface area contributed by atoms with Crippen LogP contribution in [0, 0.1) is 5.82 Å². The number of carbonyl (C=O) groups excluding carboxylic acids is 1. The van der Waals surface area contributed by atoms with Gasteiger partial charge in [-0.2, -0.15) is 0 Å². The molecule has 0 aromatic heterocycles. The molecule has 3 N–H and O–H groups in total. The molecule has 16 heavy (non-hydrogen) atoms. The zero-order valence-electron chi connectivity index (χ0n) is 8.94. The lowest BCUT2D eigenvalue weighted by Gasteiger charge is -2.12. The lowest BCUT2D eigenvalue weighted by Crippen LogP contribution is -2.17. The quantitative estimate of drug-likeness (QED) is 0.764. The fourth-order valence-corrected chi connectivity index (χ4v) is 1.33. The molecule has 0 bridgehead atoms. The summed E-state index contributed by atoms with van der Waals surface area (Å²) < 4.78 is 17.6. The van der Waals surface area contributed by atoms with Crippen molar-refractivity contribution in [2.45, 2.75) is 19.4 Å². The Kier molecular flexibility index (Phi) is 4.25. The smallest absolute Gasteiger partial charge is 0.307 e. The molecule has 5 heteroatoms. The first kappa shape index (κ1) is 12.4. The number of esters is 1. The second-order valence-electron chi connectivity index (χ2n) is 3.32. The van der Waals surface area contributed by atoms with Crippen molar-refractivity contribution < 1.29 is 19.0 Å². The monoisotopic (exact) mass is 227 g/mol. The Morgan fingerprint density at radius 3 is 2.94 bits per heavy atom. The summed E-state index contributed by atoms with van der Waals surface area (Å²) in [5, 5.41) is 9.45. The Bertz CT molecular complexity index is 381. The van der Waals surface area contributed by atoms with E-state index in [1.54, 1.807) is 6.92 Å². The van der Waals surface area contributed by atoms with Crippen molar-refractivity contribution in [3.05, 3.63) is 29.6 Å². The van der Waals surface area contributed by atoms with Crippen LogP contribution in [-0.2, 0) is 9.53 Å². The third kappa shape index (κ3) is 3.20. The molecule has 4 nitrogen and oxygen atoms in total. The average Bonchev–Trinajstić information content (AvgIpc) is 2.21. The van der Waals surface area contributed by atoms with Crippen LogP contribution >= 0.6 is 0 Å². The maximum Gasteiger partial charge on any atom is 0.307 e. The third-order valence-electron chi connectivity index (χ3n) is 2.08. The molecule has 0 aliphatic heterocycles. The second kappa shape index (κ2) is 5.46. The fourth-order valence-electron chi connectivity index (χ4n) is 1.33. The van der Waals surface area contributed by atoms with Gasteiger partial charge < -0.3 is 15.6 Å². The van der Waals surface area contributed by atoms with Crippen molar-refractivity contribution in [3.8, 4) is 5.75 Å². The van der Waals surface area contributed by atoms with Crippen molar-refractivity contribution in [2.24, 2.45) is 5.73 Å². The molecule has 0 unspecified atom stereocenters. The minimum absolute atomic E-state index is 0.0924. The van der Waals surface area contributed by atoms with Gasteiger partial charge in [-0.1, -0.05) is 0 Å². The lowest BCUT2D eigenvalue weighted by atomic mass is 10.0. The van der Waals surface area contributed by atoms with E-state index in [0.717, 1.165) is 12.1 Å². The van der Waals surface area contributed by atoms with E-state index in [1.165, 1.54) is 6.07 Å². The minimum atomic E-state index is -0.769. The Morgan fingerprint density at radius 1 is 1.62 bits per heavy atom. The van der Waals surface area contributed by atoms with Crippen LogP contribution in [0.5, 0.6) is 5.75 Å². The normalized spacial score (nSPS) is 12.2. The number of rotatable bonds is 4. The van der Waals surface area contributed by atoms with Crippen molar-refractivity contribution in [1.29, 1.82) is 0 Å². The summed E-state index contributed by atoms with van der Waals surface area (Å²) in [6.07, 6.45) is -0.0924. The molecule has 88 valence electrons. The van der Waals surface area contributed by atoms with Crippen molar-refractivity contribution in [2.75, 3.05) is 6.61 Å². The van der Waals surface area contributed by atoms with Crippen LogP contribution in [0.15, 0.2) is 18.2 Å². The van der Waals surface area contributed by atoms with Crippen molar-refractivity contribution in [1.82, 2.24) is 0 Å². The van der Waals surface area contributed by atoms with E-state index in [0.29, 0.717) is 0 Å². The van der Waals surface area contributed by atoms with Crippen LogP contribution in [0.3, 0.4) is 0 Å². The molecule has 1 aromatic carbocycles. The molecule has 0 fully saturated rings. The fraction of sp³-hybridized carbons (Fsp3) is 0.364. The zero-order chi connectivity index (χ0) is 12.1. The summed E-state index contributed by atoms with van der Waals surface area (Å²) in [5.41, 5.74) is 5.87. The maximum atomic E-state index is 12.9. The summed E-state index contributed by atoms with van der Waals surface area (Å²) in [7, 11) is 0. The van der Waals surface area contributed by atoms with Crippen LogP contribution in [0.25, 0.3) is 0 Å². The third-order valence-corrected chi connectivity index (χ3v) is 2.08. The molecule has 1 atom stereocenters. The Morgan fingerprint density at radius 2 is 2.31 bits per heavy atom. The van der Waals surface area contributed by atoms with Crippen LogP contribution in [-0.4, -0.2) is 17.7 Å². The molecular formula is C11H14FNO3. The van der Waals surface area contributed by atoms with E-state index >= 15 is 0 Å². The van der Waals surface area contributed by atoms with Gasteiger partial charge >= 0.3 is 5.97 Å². The highest BCUT2D eigenvalue weighted by Crippen LogP contribution is 2.25. The van der Waals surface area contributed by atoms with Crippen molar-refractivity contribution >= 4 is 5.97 Å². The molecule has 0 aliphatic rings. The number of carbonyl (C=O) groups is 1. The Hall–Kier alpha value is -1.62. The van der Waals surface area contributed by atoms with Crippen LogP contribution in [0.4, 0.5) is 4.39 Å². The first-order chi connectivity index (χ1) is 7.54. The Labute approximate surface area is 92.8 Å². The summed E-state index contributed by atoms with van der Waals surface area (Å²) in [6, 6.07) is 2.67. The number of benzene rings is 1. The van der Waals surface area contributed by atoms with E-state index in [-0.39, 0.29) is 24.3 Å². The number of nitrogens with two attached hydrogens (primary N) is 1. The van der Waals surface area contributed by atoms with Gasteiger partial charge in [0.25, 0.3) is 0 Å². The topological polar surface area (TPSA) is 72.5 Å². The van der Waals surface area contributed by atoms with Gasteiger partial charge in [-0.05, 0) is 25.1 Å². The second-order valence-corrected chi connectivity index (χ2v) is 3.32. The maximum absolute atomic E-state index is 12.9. The summed E-state index contributed by atoms with van der Waals surface area (Å²) in [5.74, 6) is -1.11. The van der Waals surface area contributed by atoms with Crippen LogP contribution in [0.2, 0.25) is 0 Å². The SMILES string of the molecule is CCOC(=O)C[C@H](N)c1cc(F)ccc1O. The van der Waals surface area contributed by atoms with Gasteiger partial charge in [0.05, 0.1) is 13.0 Å². The van der Waals surface area contributed by atoms with E-state index in [9.17, 15) is 14.3 Å². The molecule has 1 aromatic rings. The first-order valence-corrected chi connectivity index (χ1v) is 4.94. The molecule has 0 amide bonds. The summed E-state index contributed by atoms with van der Waals surface area (Å²) in [6.45, 7) is 1.95. The highest BCUT2D eigenvalue weighted by molar-refractivity contribution is 5.70. The molecule has 0 saturated carbocycles. The van der Waals surface area contributed by atoms with E-state index in [1.807, 2.05) is 0 Å². The standard InChI is InChI=1S/C11H14FNO3/c1-2-16-11(15)6-9(13)8-5-7(12)3-4-10(8)14/h3-5,9,14H,2,6,13H2,1H3/t9-/m0/s1. The number of hydrogen-bond acceptors (Lipinski definition) is 4. The van der Waals surface area contributed by atoms with E-state index < -0.39 is 17.8 Å². The predicted molar refractivity (Wildman–Crippen MR) is 56.2 cm³/mol. The number of ether oxygens (including phenoxy) is 1. The van der Waals surface area contributed by atoms with E-state index in [2.05, 4.69) is 0 Å². The van der Waals surface area contributed by atoms with Gasteiger partial charge in [-0.15, -0.1) is 0 Å². The highest BCUT2D eigenvalue weighted by Gasteiger charge is 2.16. The van der Waals surface area contributed by atoms with Gasteiger partial charge in [-0.25, -0.2) is 4.39 Å². The number of aromatic hydroxyl groups is 1. The number of halogens is 1.